The van der Waals surface area contributed by atoms with Crippen LogP contribution < -0.4 is 27.4 Å². The van der Waals surface area contributed by atoms with Gasteiger partial charge in [-0.05, 0) is 12.3 Å². The van der Waals surface area contributed by atoms with Crippen LogP contribution >= 0.6 is 12.6 Å². The Bertz CT molecular complexity index is 571. The van der Waals surface area contributed by atoms with Crippen LogP contribution in [-0.2, 0) is 24.0 Å². The van der Waals surface area contributed by atoms with Crippen molar-refractivity contribution in [2.45, 2.75) is 44.8 Å². The lowest BCUT2D eigenvalue weighted by atomic mass is 10.0. The highest BCUT2D eigenvalue weighted by atomic mass is 32.1. The first-order valence-corrected chi connectivity index (χ1v) is 8.88. The van der Waals surface area contributed by atoms with Gasteiger partial charge in [0, 0.05) is 12.2 Å². The number of carboxylic acid groups (broad SMARTS) is 1. The van der Waals surface area contributed by atoms with Gasteiger partial charge in [0.2, 0.25) is 23.6 Å². The zero-order valence-corrected chi connectivity index (χ0v) is 16.1. The summed E-state index contributed by atoms with van der Waals surface area (Å²) in [5.74, 6) is -4.50. The fourth-order valence-corrected chi connectivity index (χ4v) is 2.29. The number of carbonyl (C=O) groups excluding carboxylic acids is 4. The van der Waals surface area contributed by atoms with Gasteiger partial charge in [0.25, 0.3) is 0 Å². The van der Waals surface area contributed by atoms with E-state index in [2.05, 4.69) is 28.6 Å². The summed E-state index contributed by atoms with van der Waals surface area (Å²) < 4.78 is 0. The first kappa shape index (κ1) is 24.7. The van der Waals surface area contributed by atoms with Gasteiger partial charge in [-0.1, -0.05) is 13.8 Å². The third-order valence-electron chi connectivity index (χ3n) is 3.56. The normalized spacial score (nSPS) is 14.0. The van der Waals surface area contributed by atoms with E-state index in [9.17, 15) is 24.0 Å². The van der Waals surface area contributed by atoms with Gasteiger partial charge in [0.05, 0.1) is 6.54 Å². The molecule has 0 aliphatic rings. The minimum absolute atomic E-state index is 0.137. The minimum atomic E-state index is -1.30. The molecule has 27 heavy (non-hydrogen) atoms. The molecule has 0 aliphatic heterocycles. The van der Waals surface area contributed by atoms with E-state index in [-0.39, 0.29) is 31.1 Å². The number of aliphatic carboxylic acids is 1. The van der Waals surface area contributed by atoms with Crippen LogP contribution in [0.5, 0.6) is 0 Å². The van der Waals surface area contributed by atoms with Crippen LogP contribution in [0.4, 0.5) is 0 Å². The number of rotatable bonds is 12. The van der Waals surface area contributed by atoms with E-state index in [0.29, 0.717) is 0 Å². The van der Waals surface area contributed by atoms with Gasteiger partial charge < -0.3 is 32.5 Å². The molecule has 0 aliphatic carbocycles. The van der Waals surface area contributed by atoms with Crippen molar-refractivity contribution in [1.29, 1.82) is 0 Å². The van der Waals surface area contributed by atoms with Crippen LogP contribution in [-0.4, -0.2) is 65.1 Å². The summed E-state index contributed by atoms with van der Waals surface area (Å²) in [7, 11) is 0. The Morgan fingerprint density at radius 3 is 1.96 bits per heavy atom. The molecule has 0 spiro atoms. The Kier molecular flexibility index (Phi) is 11.1. The molecule has 12 heteroatoms. The van der Waals surface area contributed by atoms with Crippen molar-refractivity contribution in [2.24, 2.45) is 17.4 Å². The standard InChI is InChI=1S/C15H27N5O6S/c1-7(2)12(20-11(22)5-16)14(24)18-8(3-4-10(17)21)13(23)19-9(6-27)15(25)26/h7-9,12,27H,3-6,16H2,1-2H3,(H2,17,21)(H,18,24)(H,19,23)(H,20,22)(H,25,26). The van der Waals surface area contributed by atoms with E-state index in [1.54, 1.807) is 13.8 Å². The SMILES string of the molecule is CC(C)C(NC(=O)CN)C(=O)NC(CCC(N)=O)C(=O)NC(CS)C(=O)O. The van der Waals surface area contributed by atoms with Crippen molar-refractivity contribution in [2.75, 3.05) is 12.3 Å². The van der Waals surface area contributed by atoms with Crippen molar-refractivity contribution in [3.63, 3.8) is 0 Å². The summed E-state index contributed by atoms with van der Waals surface area (Å²) in [5.41, 5.74) is 10.3. The molecule has 0 saturated carbocycles. The summed E-state index contributed by atoms with van der Waals surface area (Å²) in [6.07, 6.45) is -0.347. The highest BCUT2D eigenvalue weighted by Gasteiger charge is 2.30. The van der Waals surface area contributed by atoms with Gasteiger partial charge in [-0.3, -0.25) is 19.2 Å². The molecule has 0 bridgehead atoms. The van der Waals surface area contributed by atoms with Crippen LogP contribution in [0.3, 0.4) is 0 Å². The summed E-state index contributed by atoms with van der Waals surface area (Å²) in [5, 5.41) is 16.1. The predicted octanol–water partition coefficient (Wildman–Crippen LogP) is -2.66. The molecule has 0 aromatic heterocycles. The maximum atomic E-state index is 12.5. The van der Waals surface area contributed by atoms with Crippen LogP contribution in [0.25, 0.3) is 0 Å². The molecular weight excluding hydrogens is 378 g/mol. The van der Waals surface area contributed by atoms with Crippen molar-refractivity contribution in [3.8, 4) is 0 Å². The predicted molar refractivity (Wildman–Crippen MR) is 99.6 cm³/mol. The molecule has 0 saturated heterocycles. The average Bonchev–Trinajstić information content (AvgIpc) is 2.59. The molecule has 0 radical (unpaired) electrons. The molecule has 0 fully saturated rings. The van der Waals surface area contributed by atoms with Crippen molar-refractivity contribution in [1.82, 2.24) is 16.0 Å². The van der Waals surface area contributed by atoms with Crippen LogP contribution in [0, 0.1) is 5.92 Å². The summed E-state index contributed by atoms with van der Waals surface area (Å²) in [6, 6.07) is -3.46. The summed E-state index contributed by atoms with van der Waals surface area (Å²) in [6.45, 7) is 3.05. The number of primary amides is 1. The van der Waals surface area contributed by atoms with E-state index in [1.807, 2.05) is 0 Å². The summed E-state index contributed by atoms with van der Waals surface area (Å²) >= 11 is 3.84. The molecule has 154 valence electrons. The molecule has 4 amide bonds. The lowest BCUT2D eigenvalue weighted by Crippen LogP contribution is -2.57. The Morgan fingerprint density at radius 1 is 1.00 bits per heavy atom. The number of amides is 4. The maximum absolute atomic E-state index is 12.5. The second-order valence-electron chi connectivity index (χ2n) is 6.14. The number of carbonyl (C=O) groups is 5. The molecule has 8 N–H and O–H groups in total. The molecule has 0 heterocycles. The third kappa shape index (κ3) is 9.24. The van der Waals surface area contributed by atoms with Gasteiger partial charge in [-0.15, -0.1) is 0 Å². The first-order chi connectivity index (χ1) is 12.5. The lowest BCUT2D eigenvalue weighted by molar-refractivity contribution is -0.141. The number of nitrogens with one attached hydrogen (secondary N) is 3. The van der Waals surface area contributed by atoms with Gasteiger partial charge in [0.1, 0.15) is 18.1 Å². The lowest BCUT2D eigenvalue weighted by Gasteiger charge is -2.25. The fraction of sp³-hybridized carbons (Fsp3) is 0.667. The third-order valence-corrected chi connectivity index (χ3v) is 3.93. The Labute approximate surface area is 162 Å². The van der Waals surface area contributed by atoms with Gasteiger partial charge in [-0.2, -0.15) is 12.6 Å². The Hall–Kier alpha value is -2.34. The summed E-state index contributed by atoms with van der Waals surface area (Å²) in [4.78, 5) is 58.4. The Morgan fingerprint density at radius 2 is 1.56 bits per heavy atom. The Balaban J connectivity index is 5.28. The highest BCUT2D eigenvalue weighted by molar-refractivity contribution is 7.80. The molecule has 0 aromatic carbocycles. The first-order valence-electron chi connectivity index (χ1n) is 8.25. The van der Waals surface area contributed by atoms with Crippen molar-refractivity contribution in [3.05, 3.63) is 0 Å². The largest absolute Gasteiger partial charge is 0.480 e. The van der Waals surface area contributed by atoms with Gasteiger partial charge in [-0.25, -0.2) is 4.79 Å². The topological polar surface area (TPSA) is 194 Å². The van der Waals surface area contributed by atoms with Gasteiger partial charge >= 0.3 is 5.97 Å². The van der Waals surface area contributed by atoms with Crippen LogP contribution in [0.2, 0.25) is 0 Å². The van der Waals surface area contributed by atoms with Gasteiger partial charge in [0.15, 0.2) is 0 Å². The number of hydrogen-bond acceptors (Lipinski definition) is 7. The zero-order chi connectivity index (χ0) is 21.1. The number of carboxylic acids is 1. The number of hydrogen-bond donors (Lipinski definition) is 7. The van der Waals surface area contributed by atoms with E-state index in [4.69, 9.17) is 16.6 Å². The van der Waals surface area contributed by atoms with Crippen molar-refractivity contribution >= 4 is 42.2 Å². The van der Waals surface area contributed by atoms with E-state index in [1.165, 1.54) is 0 Å². The second kappa shape index (κ2) is 12.1. The smallest absolute Gasteiger partial charge is 0.327 e. The molecule has 3 atom stereocenters. The average molecular weight is 405 g/mol. The monoisotopic (exact) mass is 405 g/mol. The maximum Gasteiger partial charge on any atom is 0.327 e. The quantitative estimate of drug-likeness (QED) is 0.172. The number of thiol groups is 1. The molecule has 3 unspecified atom stereocenters. The van der Waals surface area contributed by atoms with E-state index < -0.39 is 47.7 Å². The van der Waals surface area contributed by atoms with E-state index >= 15 is 0 Å². The van der Waals surface area contributed by atoms with E-state index in [0.717, 1.165) is 0 Å². The minimum Gasteiger partial charge on any atom is -0.480 e. The highest BCUT2D eigenvalue weighted by Crippen LogP contribution is 2.05. The number of nitrogens with two attached hydrogens (primary N) is 2. The molecule has 0 aromatic rings. The van der Waals surface area contributed by atoms with Crippen molar-refractivity contribution < 1.29 is 29.1 Å². The van der Waals surface area contributed by atoms with Crippen LogP contribution in [0.1, 0.15) is 26.7 Å². The zero-order valence-electron chi connectivity index (χ0n) is 15.2. The fourth-order valence-electron chi connectivity index (χ4n) is 2.04. The van der Waals surface area contributed by atoms with Crippen LogP contribution in [0.15, 0.2) is 0 Å². The second-order valence-corrected chi connectivity index (χ2v) is 6.51. The molecular formula is C15H27N5O6S. The molecule has 11 nitrogen and oxygen atoms in total. The molecule has 0 rings (SSSR count).